The number of aliphatic carboxylic acids is 1. The van der Waals surface area contributed by atoms with Crippen molar-refractivity contribution in [1.29, 1.82) is 0 Å². The fourth-order valence-corrected chi connectivity index (χ4v) is 3.16. The van der Waals surface area contributed by atoms with Crippen molar-refractivity contribution >= 4 is 21.9 Å². The minimum atomic E-state index is -3.21. The van der Waals surface area contributed by atoms with E-state index in [1.54, 1.807) is 0 Å². The molecule has 1 aliphatic heterocycles. The van der Waals surface area contributed by atoms with Gasteiger partial charge in [0.25, 0.3) is 0 Å². The van der Waals surface area contributed by atoms with Gasteiger partial charge in [-0.1, -0.05) is 0 Å². The van der Waals surface area contributed by atoms with E-state index < -0.39 is 27.4 Å². The van der Waals surface area contributed by atoms with Crippen molar-refractivity contribution in [3.05, 3.63) is 0 Å². The van der Waals surface area contributed by atoms with Crippen LogP contribution < -0.4 is 5.32 Å². The molecule has 1 saturated heterocycles. The van der Waals surface area contributed by atoms with Crippen LogP contribution in [-0.4, -0.2) is 54.1 Å². The number of carbonyl (C=O) groups excluding carboxylic acids is 1. The maximum Gasteiger partial charge on any atom is 0.328 e. The van der Waals surface area contributed by atoms with Crippen LogP contribution in [0.5, 0.6) is 0 Å². The molecule has 0 atom stereocenters. The Morgan fingerprint density at radius 1 is 1.39 bits per heavy atom. The molecule has 0 spiro atoms. The van der Waals surface area contributed by atoms with Crippen molar-refractivity contribution in [2.24, 2.45) is 0 Å². The second kappa shape index (κ2) is 5.23. The Hall–Kier alpha value is -1.15. The maximum atomic E-state index is 11.5. The van der Waals surface area contributed by atoms with Gasteiger partial charge in [-0.2, -0.15) is 0 Å². The minimum absolute atomic E-state index is 0.0318. The lowest BCUT2D eigenvalue weighted by molar-refractivity contribution is -0.146. The van der Waals surface area contributed by atoms with Crippen LogP contribution in [0.15, 0.2) is 0 Å². The molecule has 0 aromatic carbocycles. The number of carboxylic acid groups (broad SMARTS) is 1. The molecule has 1 heterocycles. The fraction of sp³-hybridized carbons (Fsp3) is 0.800. The fourth-order valence-electron chi connectivity index (χ4n) is 1.63. The summed E-state index contributed by atoms with van der Waals surface area (Å²) in [5, 5.41) is 11.2. The SMILES string of the molecule is CC(C)(NC(=O)CCN1CCCS1(=O)=O)C(=O)O. The normalized spacial score (nSPS) is 19.7. The number of carboxylic acids is 1. The second-order valence-corrected chi connectivity index (χ2v) is 6.89. The molecule has 0 radical (unpaired) electrons. The van der Waals surface area contributed by atoms with Crippen molar-refractivity contribution < 1.29 is 23.1 Å². The van der Waals surface area contributed by atoms with E-state index in [0.717, 1.165) is 0 Å². The molecule has 1 rings (SSSR count). The van der Waals surface area contributed by atoms with E-state index in [-0.39, 0.29) is 18.7 Å². The Labute approximate surface area is 106 Å². The molecule has 1 fully saturated rings. The third-order valence-electron chi connectivity index (χ3n) is 2.78. The predicted molar refractivity (Wildman–Crippen MR) is 64.5 cm³/mol. The molecule has 0 saturated carbocycles. The topological polar surface area (TPSA) is 104 Å². The highest BCUT2D eigenvalue weighted by atomic mass is 32.2. The first-order chi connectivity index (χ1) is 8.15. The molecule has 18 heavy (non-hydrogen) atoms. The van der Waals surface area contributed by atoms with Crippen molar-refractivity contribution in [3.8, 4) is 0 Å². The number of hydrogen-bond donors (Lipinski definition) is 2. The highest BCUT2D eigenvalue weighted by molar-refractivity contribution is 7.89. The molecule has 0 bridgehead atoms. The van der Waals surface area contributed by atoms with Crippen LogP contribution in [0.4, 0.5) is 0 Å². The van der Waals surface area contributed by atoms with Crippen LogP contribution in [0.25, 0.3) is 0 Å². The summed E-state index contributed by atoms with van der Waals surface area (Å²) in [6.45, 7) is 3.28. The molecule has 8 heteroatoms. The summed E-state index contributed by atoms with van der Waals surface area (Å²) in [7, 11) is -3.21. The quantitative estimate of drug-likeness (QED) is 0.698. The molecule has 0 aromatic heterocycles. The summed E-state index contributed by atoms with van der Waals surface area (Å²) in [5.41, 5.74) is -1.35. The Kier molecular flexibility index (Phi) is 4.33. The van der Waals surface area contributed by atoms with Crippen molar-refractivity contribution in [2.75, 3.05) is 18.8 Å². The zero-order valence-corrected chi connectivity index (χ0v) is 11.3. The van der Waals surface area contributed by atoms with Crippen LogP contribution in [0.2, 0.25) is 0 Å². The first kappa shape index (κ1) is 14.9. The Morgan fingerprint density at radius 2 is 2.00 bits per heavy atom. The summed E-state index contributed by atoms with van der Waals surface area (Å²) >= 11 is 0. The molecular weight excluding hydrogens is 260 g/mol. The first-order valence-electron chi connectivity index (χ1n) is 5.67. The van der Waals surface area contributed by atoms with Gasteiger partial charge in [-0.05, 0) is 20.3 Å². The van der Waals surface area contributed by atoms with Gasteiger partial charge in [0.05, 0.1) is 5.75 Å². The molecule has 7 nitrogen and oxygen atoms in total. The molecule has 0 aromatic rings. The maximum absolute atomic E-state index is 11.5. The van der Waals surface area contributed by atoms with Crippen molar-refractivity contribution in [2.45, 2.75) is 32.2 Å². The Balaban J connectivity index is 2.45. The lowest BCUT2D eigenvalue weighted by atomic mass is 10.1. The van der Waals surface area contributed by atoms with E-state index in [4.69, 9.17) is 5.11 Å². The third-order valence-corrected chi connectivity index (χ3v) is 4.73. The van der Waals surface area contributed by atoms with Crippen LogP contribution in [0.1, 0.15) is 26.7 Å². The molecule has 104 valence electrons. The lowest BCUT2D eigenvalue weighted by Gasteiger charge is -2.21. The Bertz CT molecular complexity index is 443. The molecule has 1 amide bonds. The van der Waals surface area contributed by atoms with E-state index in [2.05, 4.69) is 5.32 Å². The largest absolute Gasteiger partial charge is 0.480 e. The van der Waals surface area contributed by atoms with Crippen LogP contribution in [0, 0.1) is 0 Å². The van der Waals surface area contributed by atoms with Crippen LogP contribution in [-0.2, 0) is 19.6 Å². The first-order valence-corrected chi connectivity index (χ1v) is 7.28. The molecular formula is C10H18N2O5S. The third kappa shape index (κ3) is 3.67. The monoisotopic (exact) mass is 278 g/mol. The number of nitrogens with one attached hydrogen (secondary N) is 1. The van der Waals surface area contributed by atoms with Gasteiger partial charge < -0.3 is 10.4 Å². The average molecular weight is 278 g/mol. The standard InChI is InChI=1S/C10H18N2O5S/c1-10(2,9(14)15)11-8(13)4-6-12-5-3-7-18(12,16)17/h3-7H2,1-2H3,(H,11,13)(H,14,15). The van der Waals surface area contributed by atoms with Crippen molar-refractivity contribution in [3.63, 3.8) is 0 Å². The predicted octanol–water partition coefficient (Wildman–Crippen LogP) is -0.609. The molecule has 0 unspecified atom stereocenters. The van der Waals surface area contributed by atoms with E-state index in [0.29, 0.717) is 13.0 Å². The van der Waals surface area contributed by atoms with E-state index in [1.807, 2.05) is 0 Å². The van der Waals surface area contributed by atoms with Gasteiger partial charge >= 0.3 is 5.97 Å². The zero-order valence-electron chi connectivity index (χ0n) is 10.5. The van der Waals surface area contributed by atoms with Gasteiger partial charge in [-0.3, -0.25) is 4.79 Å². The van der Waals surface area contributed by atoms with Gasteiger partial charge in [0.1, 0.15) is 5.54 Å². The summed E-state index contributed by atoms with van der Waals surface area (Å²) in [5.74, 6) is -1.48. The van der Waals surface area contributed by atoms with Gasteiger partial charge in [0.15, 0.2) is 0 Å². The number of carbonyl (C=O) groups is 2. The summed E-state index contributed by atoms with van der Waals surface area (Å²) in [6, 6.07) is 0. The molecule has 2 N–H and O–H groups in total. The van der Waals surface area contributed by atoms with Crippen LogP contribution in [0.3, 0.4) is 0 Å². The minimum Gasteiger partial charge on any atom is -0.480 e. The van der Waals surface area contributed by atoms with Gasteiger partial charge in [-0.25, -0.2) is 17.5 Å². The summed E-state index contributed by atoms with van der Waals surface area (Å²) in [6.07, 6.45) is 0.542. The number of amides is 1. The Morgan fingerprint density at radius 3 is 2.44 bits per heavy atom. The number of rotatable bonds is 5. The van der Waals surface area contributed by atoms with Gasteiger partial charge in [0, 0.05) is 19.5 Å². The van der Waals surface area contributed by atoms with Gasteiger partial charge in [-0.15, -0.1) is 0 Å². The van der Waals surface area contributed by atoms with Gasteiger partial charge in [0.2, 0.25) is 15.9 Å². The lowest BCUT2D eigenvalue weighted by Crippen LogP contribution is -2.50. The summed E-state index contributed by atoms with van der Waals surface area (Å²) in [4.78, 5) is 22.3. The second-order valence-electron chi connectivity index (χ2n) is 4.80. The highest BCUT2D eigenvalue weighted by Crippen LogP contribution is 2.13. The van der Waals surface area contributed by atoms with Crippen LogP contribution >= 0.6 is 0 Å². The molecule has 1 aliphatic rings. The number of sulfonamides is 1. The average Bonchev–Trinajstić information content (AvgIpc) is 2.53. The zero-order chi connectivity index (χ0) is 14.0. The highest BCUT2D eigenvalue weighted by Gasteiger charge is 2.31. The van der Waals surface area contributed by atoms with E-state index in [1.165, 1.54) is 18.2 Å². The molecule has 0 aliphatic carbocycles. The summed E-state index contributed by atoms with van der Waals surface area (Å²) < 4.78 is 24.2. The number of hydrogen-bond acceptors (Lipinski definition) is 4. The van der Waals surface area contributed by atoms with E-state index in [9.17, 15) is 18.0 Å². The number of nitrogens with zero attached hydrogens (tertiary/aromatic N) is 1. The smallest absolute Gasteiger partial charge is 0.328 e. The van der Waals surface area contributed by atoms with Crippen molar-refractivity contribution in [1.82, 2.24) is 9.62 Å². The van der Waals surface area contributed by atoms with E-state index >= 15 is 0 Å².